The Morgan fingerprint density at radius 2 is 2.04 bits per heavy atom. The van der Waals surface area contributed by atoms with Crippen LogP contribution in [0.15, 0.2) is 39.4 Å². The van der Waals surface area contributed by atoms with Crippen molar-refractivity contribution in [3.8, 4) is 11.3 Å². The smallest absolute Gasteiger partial charge is 0.330 e. The molecule has 128 valence electrons. The molecule has 0 radical (unpaired) electrons. The molecule has 1 aliphatic rings. The monoisotopic (exact) mass is 392 g/mol. The molecule has 1 aromatic carbocycles. The van der Waals surface area contributed by atoms with E-state index in [2.05, 4.69) is 20.9 Å². The molecule has 0 spiro atoms. The predicted octanol–water partition coefficient (Wildman–Crippen LogP) is 4.75. The molecular weight excluding hydrogens is 372 g/mol. The summed E-state index contributed by atoms with van der Waals surface area (Å²) in [6.07, 6.45) is 3.45. The minimum atomic E-state index is -0.535. The Balaban J connectivity index is 1.76. The highest BCUT2D eigenvalue weighted by Crippen LogP contribution is 2.34. The number of hydroxylamine groups is 2. The summed E-state index contributed by atoms with van der Waals surface area (Å²) in [5, 5.41) is 1.70. The lowest BCUT2D eigenvalue weighted by atomic mass is 9.98. The Hall–Kier alpha value is -1.66. The Labute approximate surface area is 150 Å². The fourth-order valence-corrected chi connectivity index (χ4v) is 2.80. The lowest BCUT2D eigenvalue weighted by Gasteiger charge is -2.25. The summed E-state index contributed by atoms with van der Waals surface area (Å²) in [6, 6.07) is 7.78. The Bertz CT molecular complexity index is 719. The van der Waals surface area contributed by atoms with Gasteiger partial charge in [-0.15, -0.1) is 5.06 Å². The summed E-state index contributed by atoms with van der Waals surface area (Å²) in [7, 11) is 0. The molecule has 5 nitrogen and oxygen atoms in total. The number of halogens is 1. The molecule has 2 heterocycles. The second-order valence-corrected chi connectivity index (χ2v) is 7.92. The van der Waals surface area contributed by atoms with Crippen molar-refractivity contribution in [2.24, 2.45) is 5.41 Å². The standard InChI is InChI=1S/C18H21BrN2O3/c1-18(2,3)17(22)24-21-10-4-5-15(21)16-20-14(11-23-16)12-6-8-13(19)9-7-12/h6-9,11,15H,4-5,10H2,1-3H3. The van der Waals surface area contributed by atoms with Gasteiger partial charge in [-0.2, -0.15) is 0 Å². The van der Waals surface area contributed by atoms with Gasteiger partial charge in [0.2, 0.25) is 5.89 Å². The van der Waals surface area contributed by atoms with Crippen molar-refractivity contribution >= 4 is 21.9 Å². The van der Waals surface area contributed by atoms with E-state index in [9.17, 15) is 4.79 Å². The highest BCUT2D eigenvalue weighted by Gasteiger charge is 2.35. The van der Waals surface area contributed by atoms with Gasteiger partial charge in [-0.3, -0.25) is 0 Å². The van der Waals surface area contributed by atoms with Crippen LogP contribution in [0.25, 0.3) is 11.3 Å². The molecule has 0 saturated carbocycles. The van der Waals surface area contributed by atoms with Gasteiger partial charge in [0, 0.05) is 16.6 Å². The van der Waals surface area contributed by atoms with Crippen LogP contribution >= 0.6 is 15.9 Å². The number of benzene rings is 1. The van der Waals surface area contributed by atoms with E-state index in [1.807, 2.05) is 45.0 Å². The second kappa shape index (κ2) is 6.69. The third-order valence-electron chi connectivity index (χ3n) is 3.96. The van der Waals surface area contributed by atoms with E-state index in [0.717, 1.165) is 28.6 Å². The average molecular weight is 393 g/mol. The maximum Gasteiger partial charge on any atom is 0.330 e. The van der Waals surface area contributed by atoms with E-state index in [1.54, 1.807) is 11.3 Å². The van der Waals surface area contributed by atoms with E-state index in [1.165, 1.54) is 0 Å². The van der Waals surface area contributed by atoms with Crippen LogP contribution in [-0.2, 0) is 9.63 Å². The highest BCUT2D eigenvalue weighted by molar-refractivity contribution is 9.10. The first-order valence-corrected chi connectivity index (χ1v) is 8.84. The van der Waals surface area contributed by atoms with Crippen molar-refractivity contribution in [2.45, 2.75) is 39.7 Å². The lowest BCUT2D eigenvalue weighted by Crippen LogP contribution is -2.33. The topological polar surface area (TPSA) is 55.6 Å². The highest BCUT2D eigenvalue weighted by atomic mass is 79.9. The maximum absolute atomic E-state index is 12.1. The lowest BCUT2D eigenvalue weighted by molar-refractivity contribution is -0.206. The zero-order valence-corrected chi connectivity index (χ0v) is 15.7. The molecule has 1 aliphatic heterocycles. The van der Waals surface area contributed by atoms with Gasteiger partial charge in [-0.25, -0.2) is 9.78 Å². The molecule has 0 bridgehead atoms. The summed E-state index contributed by atoms with van der Waals surface area (Å²) in [6.45, 7) is 6.23. The van der Waals surface area contributed by atoms with Crippen molar-refractivity contribution < 1.29 is 14.0 Å². The Morgan fingerprint density at radius 3 is 2.71 bits per heavy atom. The van der Waals surface area contributed by atoms with Crippen LogP contribution in [0, 0.1) is 5.41 Å². The molecular formula is C18H21BrN2O3. The largest absolute Gasteiger partial charge is 0.446 e. The molecule has 1 unspecified atom stereocenters. The summed E-state index contributed by atoms with van der Waals surface area (Å²) < 4.78 is 6.69. The maximum atomic E-state index is 12.1. The third kappa shape index (κ3) is 3.70. The van der Waals surface area contributed by atoms with Crippen molar-refractivity contribution in [3.05, 3.63) is 40.9 Å². The summed E-state index contributed by atoms with van der Waals surface area (Å²) in [5.41, 5.74) is 1.24. The first kappa shape index (κ1) is 17.2. The SMILES string of the molecule is CC(C)(C)C(=O)ON1CCCC1c1nc(-c2ccc(Br)cc2)co1. The quantitative estimate of drug-likeness (QED) is 0.754. The fourth-order valence-electron chi connectivity index (χ4n) is 2.53. The average Bonchev–Trinajstić information content (AvgIpc) is 3.15. The van der Waals surface area contributed by atoms with E-state index in [4.69, 9.17) is 9.25 Å². The minimum absolute atomic E-state index is 0.125. The van der Waals surface area contributed by atoms with Crippen LogP contribution in [0.5, 0.6) is 0 Å². The second-order valence-electron chi connectivity index (χ2n) is 7.01. The van der Waals surface area contributed by atoms with Crippen molar-refractivity contribution in [1.82, 2.24) is 10.0 Å². The molecule has 2 aromatic rings. The van der Waals surface area contributed by atoms with Gasteiger partial charge in [0.25, 0.3) is 0 Å². The van der Waals surface area contributed by atoms with Crippen LogP contribution in [0.3, 0.4) is 0 Å². The van der Waals surface area contributed by atoms with Crippen LogP contribution in [-0.4, -0.2) is 22.6 Å². The molecule has 24 heavy (non-hydrogen) atoms. The van der Waals surface area contributed by atoms with Gasteiger partial charge in [-0.1, -0.05) is 28.1 Å². The van der Waals surface area contributed by atoms with E-state index < -0.39 is 5.41 Å². The van der Waals surface area contributed by atoms with Crippen LogP contribution in [0.1, 0.15) is 45.5 Å². The van der Waals surface area contributed by atoms with Crippen LogP contribution < -0.4 is 0 Å². The van der Waals surface area contributed by atoms with Gasteiger partial charge >= 0.3 is 5.97 Å². The molecule has 3 rings (SSSR count). The molecule has 0 amide bonds. The molecule has 1 saturated heterocycles. The summed E-state index contributed by atoms with van der Waals surface area (Å²) in [5.74, 6) is 0.348. The first-order chi connectivity index (χ1) is 11.3. The van der Waals surface area contributed by atoms with Crippen LogP contribution in [0.4, 0.5) is 0 Å². The Morgan fingerprint density at radius 1 is 1.33 bits per heavy atom. The van der Waals surface area contributed by atoms with Gasteiger partial charge in [0.1, 0.15) is 18.0 Å². The third-order valence-corrected chi connectivity index (χ3v) is 4.49. The number of hydrogen-bond donors (Lipinski definition) is 0. The van der Waals surface area contributed by atoms with Gasteiger partial charge in [-0.05, 0) is 45.7 Å². The zero-order valence-electron chi connectivity index (χ0n) is 14.1. The number of carbonyl (C=O) groups excluding carboxylic acids is 1. The Kier molecular flexibility index (Phi) is 4.78. The molecule has 6 heteroatoms. The van der Waals surface area contributed by atoms with E-state index >= 15 is 0 Å². The minimum Gasteiger partial charge on any atom is -0.446 e. The zero-order chi connectivity index (χ0) is 17.3. The summed E-state index contributed by atoms with van der Waals surface area (Å²) >= 11 is 3.42. The van der Waals surface area contributed by atoms with Crippen molar-refractivity contribution in [1.29, 1.82) is 0 Å². The van der Waals surface area contributed by atoms with Gasteiger partial charge in [0.15, 0.2) is 0 Å². The molecule has 1 fully saturated rings. The number of nitrogens with zero attached hydrogens (tertiary/aromatic N) is 2. The summed E-state index contributed by atoms with van der Waals surface area (Å²) in [4.78, 5) is 22.3. The van der Waals surface area contributed by atoms with Gasteiger partial charge < -0.3 is 9.25 Å². The molecule has 1 aromatic heterocycles. The van der Waals surface area contributed by atoms with E-state index in [0.29, 0.717) is 12.4 Å². The first-order valence-electron chi connectivity index (χ1n) is 8.05. The number of hydrogen-bond acceptors (Lipinski definition) is 5. The number of aromatic nitrogens is 1. The van der Waals surface area contributed by atoms with Crippen molar-refractivity contribution in [3.63, 3.8) is 0 Å². The molecule has 1 atom stereocenters. The molecule has 0 aliphatic carbocycles. The molecule has 0 N–H and O–H groups in total. The number of oxazole rings is 1. The predicted molar refractivity (Wildman–Crippen MR) is 93.9 cm³/mol. The van der Waals surface area contributed by atoms with Crippen molar-refractivity contribution in [2.75, 3.05) is 6.54 Å². The van der Waals surface area contributed by atoms with Gasteiger partial charge in [0.05, 0.1) is 5.41 Å². The van der Waals surface area contributed by atoms with Crippen LogP contribution in [0.2, 0.25) is 0 Å². The fraction of sp³-hybridized carbons (Fsp3) is 0.444. The number of carbonyl (C=O) groups is 1. The van der Waals surface area contributed by atoms with E-state index in [-0.39, 0.29) is 12.0 Å². The normalized spacial score (nSPS) is 18.8. The number of rotatable bonds is 3.